The lowest BCUT2D eigenvalue weighted by molar-refractivity contribution is -0.323. The summed E-state index contributed by atoms with van der Waals surface area (Å²) >= 11 is 0. The molecule has 192 valence electrons. The van der Waals surface area contributed by atoms with Gasteiger partial charge in [-0.25, -0.2) is 0 Å². The molecule has 0 radical (unpaired) electrons. The third kappa shape index (κ3) is 2.18. The highest BCUT2D eigenvalue weighted by molar-refractivity contribution is 5.66. The summed E-state index contributed by atoms with van der Waals surface area (Å²) in [7, 11) is 3.19. The molecule has 1 heterocycles. The molecular formula is C25H39NO8. The van der Waals surface area contributed by atoms with Crippen LogP contribution in [0.4, 0.5) is 0 Å². The van der Waals surface area contributed by atoms with Crippen molar-refractivity contribution < 1.29 is 39.4 Å². The zero-order valence-electron chi connectivity index (χ0n) is 20.5. The average molecular weight is 482 g/mol. The second kappa shape index (κ2) is 7.15. The standard InChI is InChI=1S/C25H39NO8/c1-5-26-10-22(11-27)7-6-16(29)24-14-8-13-15(32-3)9-23(33-4,17(14)18(13)34-12(2)28)25(31,21(24)26)20(30)19(22)24/h13-21,27,29-31H,5-11H2,1-4H3/t13-,14-,15+,16+,17-,18+,19-,20-,21+,22+,23-,24+,25-/m1/s1. The summed E-state index contributed by atoms with van der Waals surface area (Å²) in [5, 5.41) is 47.6. The fraction of sp³-hybridized carbons (Fsp3) is 0.960. The molecule has 6 rings (SSSR count). The average Bonchev–Trinajstić information content (AvgIpc) is 3.18. The summed E-state index contributed by atoms with van der Waals surface area (Å²) < 4.78 is 18.2. The Bertz CT molecular complexity index is 887. The molecule has 4 N–H and O–H groups in total. The van der Waals surface area contributed by atoms with Crippen molar-refractivity contribution in [2.75, 3.05) is 33.9 Å². The summed E-state index contributed by atoms with van der Waals surface area (Å²) in [5.41, 5.74) is -4.42. The van der Waals surface area contributed by atoms with Crippen LogP contribution in [0.1, 0.15) is 39.5 Å². The van der Waals surface area contributed by atoms with E-state index in [2.05, 4.69) is 4.90 Å². The lowest BCUT2D eigenvalue weighted by Crippen LogP contribution is -2.82. The van der Waals surface area contributed by atoms with Crippen LogP contribution in [0.15, 0.2) is 0 Å². The number of carbonyl (C=O) groups excluding carboxylic acids is 1. The van der Waals surface area contributed by atoms with Crippen molar-refractivity contribution in [1.82, 2.24) is 4.90 Å². The van der Waals surface area contributed by atoms with Crippen molar-refractivity contribution >= 4 is 5.97 Å². The Balaban J connectivity index is 1.66. The minimum absolute atomic E-state index is 0.0879. The van der Waals surface area contributed by atoms with E-state index in [-0.39, 0.29) is 30.5 Å². The number of aliphatic hydroxyl groups is 4. The number of fused-ring (bicyclic) bond motifs is 2. The number of ether oxygens (including phenoxy) is 3. The summed E-state index contributed by atoms with van der Waals surface area (Å²) in [5.74, 6) is -1.52. The predicted octanol–water partition coefficient (Wildman–Crippen LogP) is -0.466. The Labute approximate surface area is 200 Å². The minimum Gasteiger partial charge on any atom is -0.462 e. The van der Waals surface area contributed by atoms with Gasteiger partial charge in [0.1, 0.15) is 17.3 Å². The van der Waals surface area contributed by atoms with Gasteiger partial charge in [-0.1, -0.05) is 6.92 Å². The van der Waals surface area contributed by atoms with Gasteiger partial charge in [0, 0.05) is 62.7 Å². The SMILES string of the molecule is CCN1C[C@]2(CO)CC[C@H](O)[C@@]34[C@@H]5C[C@H]6[C@H](OC(C)=O)[C@@H]5[C@](OC)(C[C@@H]6OC)[C@@](O)([C@H](O)[C@H]23)[C@@H]14. The van der Waals surface area contributed by atoms with E-state index < -0.39 is 58.3 Å². The first-order valence-electron chi connectivity index (χ1n) is 12.8. The van der Waals surface area contributed by atoms with Gasteiger partial charge in [-0.3, -0.25) is 9.69 Å². The van der Waals surface area contributed by atoms with E-state index in [4.69, 9.17) is 14.2 Å². The van der Waals surface area contributed by atoms with E-state index in [9.17, 15) is 25.2 Å². The first-order chi connectivity index (χ1) is 16.1. The molecular weight excluding hydrogens is 442 g/mol. The van der Waals surface area contributed by atoms with Gasteiger partial charge in [0.15, 0.2) is 0 Å². The third-order valence-electron chi connectivity index (χ3n) is 11.5. The smallest absolute Gasteiger partial charge is 0.302 e. The fourth-order valence-electron chi connectivity index (χ4n) is 10.8. The first-order valence-corrected chi connectivity index (χ1v) is 12.8. The van der Waals surface area contributed by atoms with Crippen molar-refractivity contribution in [2.24, 2.45) is 34.5 Å². The number of hydrogen-bond acceptors (Lipinski definition) is 9. The molecule has 1 saturated heterocycles. The van der Waals surface area contributed by atoms with Crippen molar-refractivity contribution in [1.29, 1.82) is 0 Å². The number of nitrogens with zero attached hydrogens (tertiary/aromatic N) is 1. The topological polar surface area (TPSA) is 129 Å². The summed E-state index contributed by atoms with van der Waals surface area (Å²) in [6, 6.07) is -0.534. The molecule has 1 aliphatic heterocycles. The third-order valence-corrected chi connectivity index (χ3v) is 11.5. The van der Waals surface area contributed by atoms with Crippen molar-refractivity contribution in [3.05, 3.63) is 0 Å². The van der Waals surface area contributed by atoms with Gasteiger partial charge >= 0.3 is 5.97 Å². The second-order valence-electron chi connectivity index (χ2n) is 12.0. The van der Waals surface area contributed by atoms with Gasteiger partial charge in [0.2, 0.25) is 0 Å². The lowest BCUT2D eigenvalue weighted by Gasteiger charge is -2.70. The molecule has 13 atom stereocenters. The Morgan fingerprint density at radius 1 is 1.24 bits per heavy atom. The normalized spacial score (nSPS) is 59.2. The number of aliphatic hydroxyl groups excluding tert-OH is 3. The lowest BCUT2D eigenvalue weighted by atomic mass is 9.42. The van der Waals surface area contributed by atoms with Gasteiger partial charge < -0.3 is 34.6 Å². The summed E-state index contributed by atoms with van der Waals surface area (Å²) in [6.07, 6.45) is -0.698. The van der Waals surface area contributed by atoms with Gasteiger partial charge in [-0.2, -0.15) is 0 Å². The highest BCUT2D eigenvalue weighted by Gasteiger charge is 2.91. The molecule has 0 aromatic rings. The van der Waals surface area contributed by atoms with E-state index in [1.54, 1.807) is 14.2 Å². The van der Waals surface area contributed by atoms with Crippen molar-refractivity contribution in [3.8, 4) is 0 Å². The number of hydrogen-bond donors (Lipinski definition) is 4. The number of likely N-dealkylation sites (N-methyl/N-ethyl adjacent to an activating group) is 1. The van der Waals surface area contributed by atoms with Crippen LogP contribution in [0, 0.1) is 34.5 Å². The molecule has 9 heteroatoms. The van der Waals surface area contributed by atoms with Crippen LogP contribution < -0.4 is 0 Å². The molecule has 7 bridgehead atoms. The van der Waals surface area contributed by atoms with Crippen molar-refractivity contribution in [2.45, 2.75) is 81.2 Å². The van der Waals surface area contributed by atoms with Gasteiger partial charge in [0.05, 0.1) is 31.0 Å². The molecule has 34 heavy (non-hydrogen) atoms. The molecule has 6 aliphatic rings. The van der Waals surface area contributed by atoms with Crippen LogP contribution in [0.3, 0.4) is 0 Å². The van der Waals surface area contributed by atoms with Crippen LogP contribution >= 0.6 is 0 Å². The Kier molecular flexibility index (Phi) is 4.96. The summed E-state index contributed by atoms with van der Waals surface area (Å²) in [6.45, 7) is 4.48. The predicted molar refractivity (Wildman–Crippen MR) is 118 cm³/mol. The molecule has 0 aromatic carbocycles. The fourth-order valence-corrected chi connectivity index (χ4v) is 10.8. The largest absolute Gasteiger partial charge is 0.462 e. The highest BCUT2D eigenvalue weighted by Crippen LogP contribution is 2.80. The Hall–Kier alpha value is -0.810. The van der Waals surface area contributed by atoms with Gasteiger partial charge in [0.25, 0.3) is 0 Å². The zero-order chi connectivity index (χ0) is 24.4. The monoisotopic (exact) mass is 481 g/mol. The van der Waals surface area contributed by atoms with E-state index in [1.165, 1.54) is 6.92 Å². The molecule has 6 fully saturated rings. The molecule has 9 nitrogen and oxygen atoms in total. The number of carbonyl (C=O) groups is 1. The zero-order valence-corrected chi connectivity index (χ0v) is 20.5. The van der Waals surface area contributed by atoms with Crippen LogP contribution in [0.5, 0.6) is 0 Å². The van der Waals surface area contributed by atoms with Crippen LogP contribution in [0.25, 0.3) is 0 Å². The molecule has 0 aromatic heterocycles. The van der Waals surface area contributed by atoms with E-state index in [0.717, 1.165) is 0 Å². The second-order valence-corrected chi connectivity index (χ2v) is 12.0. The van der Waals surface area contributed by atoms with E-state index in [0.29, 0.717) is 38.8 Å². The first kappa shape index (κ1) is 23.6. The Morgan fingerprint density at radius 3 is 2.56 bits per heavy atom. The molecule has 0 unspecified atom stereocenters. The number of methoxy groups -OCH3 is 2. The van der Waals surface area contributed by atoms with E-state index >= 15 is 0 Å². The molecule has 5 saturated carbocycles. The van der Waals surface area contributed by atoms with Crippen LogP contribution in [-0.4, -0.2) is 107 Å². The molecule has 1 spiro atoms. The van der Waals surface area contributed by atoms with Gasteiger partial charge in [-0.05, 0) is 31.7 Å². The number of piperidine rings is 1. The molecule has 0 amide bonds. The maximum atomic E-state index is 12.9. The van der Waals surface area contributed by atoms with E-state index in [1.807, 2.05) is 6.92 Å². The van der Waals surface area contributed by atoms with Crippen LogP contribution in [-0.2, 0) is 19.0 Å². The van der Waals surface area contributed by atoms with Gasteiger partial charge in [-0.15, -0.1) is 0 Å². The maximum Gasteiger partial charge on any atom is 0.302 e. The Morgan fingerprint density at radius 2 is 1.97 bits per heavy atom. The van der Waals surface area contributed by atoms with Crippen LogP contribution in [0.2, 0.25) is 0 Å². The molecule has 5 aliphatic carbocycles. The summed E-state index contributed by atoms with van der Waals surface area (Å²) in [4.78, 5) is 14.4. The highest BCUT2D eigenvalue weighted by atomic mass is 16.6. The minimum atomic E-state index is -1.73. The number of esters is 1. The quantitative estimate of drug-likeness (QED) is 0.385. The number of likely N-dealkylation sites (tertiary alicyclic amines) is 1. The maximum absolute atomic E-state index is 12.9. The number of rotatable bonds is 5. The van der Waals surface area contributed by atoms with Crippen molar-refractivity contribution in [3.63, 3.8) is 0 Å².